The Morgan fingerprint density at radius 2 is 1.97 bits per heavy atom. The largest absolute Gasteiger partial charge is 0.364 e. The van der Waals surface area contributed by atoms with Crippen LogP contribution in [-0.4, -0.2) is 32.8 Å². The third-order valence-electron chi connectivity index (χ3n) is 4.69. The molecule has 30 heavy (non-hydrogen) atoms. The van der Waals surface area contributed by atoms with Gasteiger partial charge in [-0.2, -0.15) is 5.10 Å². The van der Waals surface area contributed by atoms with E-state index in [-0.39, 0.29) is 5.91 Å². The third kappa shape index (κ3) is 4.15. The number of nitrogens with zero attached hydrogens (tertiary/aromatic N) is 4. The summed E-state index contributed by atoms with van der Waals surface area (Å²) in [5.41, 5.74) is 4.64. The highest BCUT2D eigenvalue weighted by molar-refractivity contribution is 5.94. The van der Waals surface area contributed by atoms with Crippen LogP contribution in [0.2, 0.25) is 0 Å². The van der Waals surface area contributed by atoms with Crippen molar-refractivity contribution in [3.63, 3.8) is 0 Å². The van der Waals surface area contributed by atoms with Crippen LogP contribution < -0.4 is 0 Å². The zero-order valence-electron chi connectivity index (χ0n) is 16.7. The Kier molecular flexibility index (Phi) is 5.44. The number of hydrogen-bond acceptors (Lipinski definition) is 4. The summed E-state index contributed by atoms with van der Waals surface area (Å²) in [6.07, 6.45) is 5.13. The first kappa shape index (κ1) is 19.2. The van der Waals surface area contributed by atoms with E-state index < -0.39 is 0 Å². The second-order valence-electron chi connectivity index (χ2n) is 6.90. The van der Waals surface area contributed by atoms with Gasteiger partial charge in [0.25, 0.3) is 5.91 Å². The van der Waals surface area contributed by atoms with Crippen molar-refractivity contribution < 1.29 is 9.32 Å². The Balaban J connectivity index is 1.67. The van der Waals surface area contributed by atoms with Crippen molar-refractivity contribution in [1.29, 1.82) is 0 Å². The SMILES string of the molecule is Cc1conc1CN(C)C(=O)c1ccc(-n2cccn2)c(C#Cc2ccccc2)c1. The molecule has 2 heterocycles. The van der Waals surface area contributed by atoms with Crippen molar-refractivity contribution in [1.82, 2.24) is 19.8 Å². The Morgan fingerprint density at radius 1 is 1.13 bits per heavy atom. The number of carbonyl (C=O) groups excluding carboxylic acids is 1. The minimum absolute atomic E-state index is 0.118. The van der Waals surface area contributed by atoms with Crippen LogP contribution in [0, 0.1) is 18.8 Å². The lowest BCUT2D eigenvalue weighted by Gasteiger charge is -2.17. The highest BCUT2D eigenvalue weighted by Crippen LogP contribution is 2.18. The maximum atomic E-state index is 13.0. The summed E-state index contributed by atoms with van der Waals surface area (Å²) >= 11 is 0. The number of aromatic nitrogens is 3. The van der Waals surface area contributed by atoms with Gasteiger partial charge in [0.05, 0.1) is 17.8 Å². The average molecular weight is 396 g/mol. The maximum absolute atomic E-state index is 13.0. The molecule has 4 rings (SSSR count). The predicted octanol–water partition coefficient (Wildman–Crippen LogP) is 3.84. The van der Waals surface area contributed by atoms with Gasteiger partial charge in [-0.15, -0.1) is 0 Å². The summed E-state index contributed by atoms with van der Waals surface area (Å²) in [7, 11) is 1.74. The van der Waals surface area contributed by atoms with Gasteiger partial charge < -0.3 is 9.42 Å². The first-order valence-corrected chi connectivity index (χ1v) is 9.48. The first-order chi connectivity index (χ1) is 14.6. The van der Waals surface area contributed by atoms with E-state index in [1.54, 1.807) is 41.2 Å². The standard InChI is InChI=1S/C24H20N4O2/c1-18-17-30-26-22(18)16-27(2)24(29)21-11-12-23(28-14-6-13-25-28)20(15-21)10-9-19-7-4-3-5-8-19/h3-8,11-15,17H,16H2,1-2H3. The van der Waals surface area contributed by atoms with E-state index in [0.717, 1.165) is 28.1 Å². The molecule has 148 valence electrons. The zero-order chi connectivity index (χ0) is 20.9. The van der Waals surface area contributed by atoms with E-state index in [9.17, 15) is 4.79 Å². The number of rotatable bonds is 4. The molecular formula is C24H20N4O2. The Hall–Kier alpha value is -4.11. The lowest BCUT2D eigenvalue weighted by molar-refractivity contribution is 0.0782. The third-order valence-corrected chi connectivity index (χ3v) is 4.69. The van der Waals surface area contributed by atoms with E-state index in [2.05, 4.69) is 22.1 Å². The summed E-state index contributed by atoms with van der Waals surface area (Å²) < 4.78 is 6.71. The molecule has 2 aromatic heterocycles. The summed E-state index contributed by atoms with van der Waals surface area (Å²) in [6.45, 7) is 2.27. The van der Waals surface area contributed by atoms with Crippen LogP contribution in [0.15, 0.2) is 77.8 Å². The van der Waals surface area contributed by atoms with E-state index in [1.807, 2.05) is 55.6 Å². The Morgan fingerprint density at radius 3 is 2.67 bits per heavy atom. The van der Waals surface area contributed by atoms with Crippen LogP contribution >= 0.6 is 0 Å². The number of aryl methyl sites for hydroxylation is 1. The molecule has 0 aliphatic carbocycles. The predicted molar refractivity (Wildman–Crippen MR) is 113 cm³/mol. The molecule has 0 atom stereocenters. The van der Waals surface area contributed by atoms with Gasteiger partial charge in [0.1, 0.15) is 12.0 Å². The fourth-order valence-corrected chi connectivity index (χ4v) is 3.02. The smallest absolute Gasteiger partial charge is 0.253 e. The average Bonchev–Trinajstić information content (AvgIpc) is 3.44. The normalized spacial score (nSPS) is 10.3. The van der Waals surface area contributed by atoms with Crippen LogP contribution in [0.3, 0.4) is 0 Å². The molecule has 0 spiro atoms. The molecule has 1 amide bonds. The number of amides is 1. The summed E-state index contributed by atoms with van der Waals surface area (Å²) in [5.74, 6) is 6.24. The van der Waals surface area contributed by atoms with Crippen molar-refractivity contribution in [3.05, 3.63) is 101 Å². The van der Waals surface area contributed by atoms with Gasteiger partial charge in [-0.3, -0.25) is 4.79 Å². The molecule has 6 nitrogen and oxygen atoms in total. The summed E-state index contributed by atoms with van der Waals surface area (Å²) in [6, 6.07) is 17.0. The van der Waals surface area contributed by atoms with Gasteiger partial charge in [-0.25, -0.2) is 4.68 Å². The monoisotopic (exact) mass is 396 g/mol. The van der Waals surface area contributed by atoms with E-state index in [0.29, 0.717) is 12.1 Å². The van der Waals surface area contributed by atoms with E-state index in [4.69, 9.17) is 4.52 Å². The molecule has 0 aliphatic heterocycles. The highest BCUT2D eigenvalue weighted by Gasteiger charge is 2.16. The fraction of sp³-hybridized carbons (Fsp3) is 0.125. The molecule has 4 aromatic rings. The van der Waals surface area contributed by atoms with E-state index >= 15 is 0 Å². The van der Waals surface area contributed by atoms with Crippen molar-refractivity contribution in [3.8, 4) is 17.5 Å². The van der Waals surface area contributed by atoms with Gasteiger partial charge in [-0.1, -0.05) is 35.2 Å². The molecule has 0 bridgehead atoms. The van der Waals surface area contributed by atoms with Gasteiger partial charge >= 0.3 is 0 Å². The molecule has 2 aromatic carbocycles. The fourth-order valence-electron chi connectivity index (χ4n) is 3.02. The van der Waals surface area contributed by atoms with Crippen LogP contribution in [0.5, 0.6) is 0 Å². The van der Waals surface area contributed by atoms with Gasteiger partial charge in [0.15, 0.2) is 0 Å². The van der Waals surface area contributed by atoms with Crippen LogP contribution in [0.1, 0.15) is 32.7 Å². The van der Waals surface area contributed by atoms with Gasteiger partial charge in [0, 0.05) is 36.1 Å². The molecule has 0 saturated heterocycles. The number of carbonyl (C=O) groups is 1. The Bertz CT molecular complexity index is 1220. The van der Waals surface area contributed by atoms with Crippen LogP contribution in [0.25, 0.3) is 5.69 Å². The molecule has 0 aliphatic rings. The molecule has 0 N–H and O–H groups in total. The Labute approximate surface area is 174 Å². The number of hydrogen-bond donors (Lipinski definition) is 0. The van der Waals surface area contributed by atoms with Gasteiger partial charge in [-0.05, 0) is 43.3 Å². The van der Waals surface area contributed by atoms with Crippen molar-refractivity contribution >= 4 is 5.91 Å². The second-order valence-corrected chi connectivity index (χ2v) is 6.90. The second kappa shape index (κ2) is 8.50. The minimum atomic E-state index is -0.118. The molecular weight excluding hydrogens is 376 g/mol. The first-order valence-electron chi connectivity index (χ1n) is 9.48. The molecule has 0 radical (unpaired) electrons. The van der Waals surface area contributed by atoms with Crippen molar-refractivity contribution in [2.75, 3.05) is 7.05 Å². The lowest BCUT2D eigenvalue weighted by Crippen LogP contribution is -2.26. The van der Waals surface area contributed by atoms with Crippen molar-refractivity contribution in [2.24, 2.45) is 0 Å². The summed E-state index contributed by atoms with van der Waals surface area (Å²) in [4.78, 5) is 14.6. The zero-order valence-corrected chi connectivity index (χ0v) is 16.7. The molecule has 0 saturated carbocycles. The topological polar surface area (TPSA) is 64.2 Å². The molecule has 6 heteroatoms. The highest BCUT2D eigenvalue weighted by atomic mass is 16.5. The minimum Gasteiger partial charge on any atom is -0.364 e. The molecule has 0 unspecified atom stereocenters. The quantitative estimate of drug-likeness (QED) is 0.492. The van der Waals surface area contributed by atoms with Crippen molar-refractivity contribution in [2.45, 2.75) is 13.5 Å². The van der Waals surface area contributed by atoms with E-state index in [1.165, 1.54) is 0 Å². The summed E-state index contributed by atoms with van der Waals surface area (Å²) in [5, 5.41) is 8.26. The lowest BCUT2D eigenvalue weighted by atomic mass is 10.1. The van der Waals surface area contributed by atoms with Crippen LogP contribution in [0.4, 0.5) is 0 Å². The maximum Gasteiger partial charge on any atom is 0.253 e. The molecule has 0 fully saturated rings. The van der Waals surface area contributed by atoms with Crippen LogP contribution in [-0.2, 0) is 6.54 Å². The van der Waals surface area contributed by atoms with Gasteiger partial charge in [0.2, 0.25) is 0 Å². The number of benzene rings is 2.